The molecule has 1 amide bonds. The summed E-state index contributed by atoms with van der Waals surface area (Å²) in [5.41, 5.74) is 4.10. The molecule has 9 heteroatoms. The van der Waals surface area contributed by atoms with Crippen LogP contribution in [0, 0.1) is 13.8 Å². The third-order valence-electron chi connectivity index (χ3n) is 6.66. The van der Waals surface area contributed by atoms with Gasteiger partial charge in [-0.05, 0) is 45.2 Å². The molecule has 3 atom stereocenters. The van der Waals surface area contributed by atoms with Crippen LogP contribution in [0.3, 0.4) is 0 Å². The maximum absolute atomic E-state index is 13.5. The number of aryl methyl sites for hydroxylation is 1. The van der Waals surface area contributed by atoms with Crippen LogP contribution in [-0.4, -0.2) is 59.8 Å². The van der Waals surface area contributed by atoms with E-state index < -0.39 is 9.84 Å². The second-order valence-electron chi connectivity index (χ2n) is 8.77. The SMILES string of the molecule is Cc1nn([C@@H]2CCS(=O)(=O)C2)c(C)c1[C@H]1Nc2ccccc2C(=O)N1C[C@H]1CCCO1. The molecular formula is C22H28N4O4S. The number of nitrogens with zero attached hydrogens (tertiary/aromatic N) is 3. The first-order valence-electron chi connectivity index (χ1n) is 10.9. The van der Waals surface area contributed by atoms with Crippen LogP contribution in [-0.2, 0) is 14.6 Å². The number of amides is 1. The summed E-state index contributed by atoms with van der Waals surface area (Å²) in [6.07, 6.45) is 2.17. The Balaban J connectivity index is 1.54. The van der Waals surface area contributed by atoms with Crippen LogP contribution in [0.4, 0.5) is 5.69 Å². The van der Waals surface area contributed by atoms with E-state index in [4.69, 9.17) is 9.84 Å². The van der Waals surface area contributed by atoms with Crippen molar-refractivity contribution in [1.29, 1.82) is 0 Å². The smallest absolute Gasteiger partial charge is 0.257 e. The minimum absolute atomic E-state index is 0.0224. The fourth-order valence-electron chi connectivity index (χ4n) is 5.11. The Labute approximate surface area is 182 Å². The number of carbonyl (C=O) groups excluding carboxylic acids is 1. The number of hydrogen-bond acceptors (Lipinski definition) is 6. The van der Waals surface area contributed by atoms with Crippen molar-refractivity contribution >= 4 is 21.4 Å². The summed E-state index contributed by atoms with van der Waals surface area (Å²) in [5.74, 6) is 0.294. The molecule has 0 bridgehead atoms. The molecule has 0 unspecified atom stereocenters. The lowest BCUT2D eigenvalue weighted by Gasteiger charge is -2.39. The number of fused-ring (bicyclic) bond motifs is 1. The van der Waals surface area contributed by atoms with Gasteiger partial charge < -0.3 is 15.0 Å². The van der Waals surface area contributed by atoms with Gasteiger partial charge in [-0.3, -0.25) is 9.48 Å². The molecule has 4 heterocycles. The van der Waals surface area contributed by atoms with Gasteiger partial charge in [0.2, 0.25) is 0 Å². The van der Waals surface area contributed by atoms with E-state index in [0.29, 0.717) is 18.5 Å². The van der Waals surface area contributed by atoms with E-state index in [2.05, 4.69) is 5.32 Å². The monoisotopic (exact) mass is 444 g/mol. The van der Waals surface area contributed by atoms with E-state index >= 15 is 0 Å². The lowest BCUT2D eigenvalue weighted by atomic mass is 10.0. The third-order valence-corrected chi connectivity index (χ3v) is 8.41. The normalized spacial score (nSPS) is 27.4. The molecule has 8 nitrogen and oxygen atoms in total. The van der Waals surface area contributed by atoms with E-state index in [1.807, 2.05) is 47.7 Å². The number of rotatable bonds is 4. The predicted molar refractivity (Wildman–Crippen MR) is 117 cm³/mol. The van der Waals surface area contributed by atoms with Gasteiger partial charge in [0.25, 0.3) is 5.91 Å². The number of anilines is 1. The number of benzene rings is 1. The van der Waals surface area contributed by atoms with Crippen molar-refractivity contribution in [1.82, 2.24) is 14.7 Å². The molecule has 3 aliphatic heterocycles. The minimum Gasteiger partial charge on any atom is -0.376 e. The van der Waals surface area contributed by atoms with Gasteiger partial charge in [0.15, 0.2) is 9.84 Å². The van der Waals surface area contributed by atoms with Gasteiger partial charge in [-0.2, -0.15) is 5.10 Å². The number of nitrogens with one attached hydrogen (secondary N) is 1. The van der Waals surface area contributed by atoms with Crippen molar-refractivity contribution in [3.8, 4) is 0 Å². The van der Waals surface area contributed by atoms with Crippen LogP contribution >= 0.6 is 0 Å². The molecule has 5 rings (SSSR count). The summed E-state index contributed by atoms with van der Waals surface area (Å²) in [4.78, 5) is 15.3. The third kappa shape index (κ3) is 3.63. The number of para-hydroxylation sites is 1. The van der Waals surface area contributed by atoms with Gasteiger partial charge in [0, 0.05) is 30.1 Å². The molecule has 2 saturated heterocycles. The first-order chi connectivity index (χ1) is 14.8. The van der Waals surface area contributed by atoms with Crippen LogP contribution in [0.25, 0.3) is 0 Å². The molecule has 0 aliphatic carbocycles. The Bertz CT molecular complexity index is 1120. The molecular weight excluding hydrogens is 416 g/mol. The van der Waals surface area contributed by atoms with Crippen molar-refractivity contribution in [3.63, 3.8) is 0 Å². The lowest BCUT2D eigenvalue weighted by Crippen LogP contribution is -2.46. The van der Waals surface area contributed by atoms with E-state index in [9.17, 15) is 13.2 Å². The summed E-state index contributed by atoms with van der Waals surface area (Å²) in [6.45, 7) is 5.14. The van der Waals surface area contributed by atoms with Gasteiger partial charge in [-0.15, -0.1) is 0 Å². The summed E-state index contributed by atoms with van der Waals surface area (Å²) >= 11 is 0. The summed E-state index contributed by atoms with van der Waals surface area (Å²) in [5, 5.41) is 8.27. The fourth-order valence-corrected chi connectivity index (χ4v) is 6.80. The predicted octanol–water partition coefficient (Wildman–Crippen LogP) is 2.61. The van der Waals surface area contributed by atoms with E-state index in [0.717, 1.165) is 42.1 Å². The van der Waals surface area contributed by atoms with E-state index in [-0.39, 0.29) is 35.7 Å². The molecule has 166 valence electrons. The molecule has 2 fully saturated rings. The second-order valence-corrected chi connectivity index (χ2v) is 11.0. The molecule has 0 spiro atoms. The largest absolute Gasteiger partial charge is 0.376 e. The molecule has 3 aliphatic rings. The highest BCUT2D eigenvalue weighted by molar-refractivity contribution is 7.91. The first kappa shape index (κ1) is 20.5. The van der Waals surface area contributed by atoms with Crippen molar-refractivity contribution in [3.05, 3.63) is 46.8 Å². The molecule has 31 heavy (non-hydrogen) atoms. The number of ether oxygens (including phenoxy) is 1. The highest BCUT2D eigenvalue weighted by atomic mass is 32.2. The van der Waals surface area contributed by atoms with Crippen LogP contribution in [0.2, 0.25) is 0 Å². The Morgan fingerprint density at radius 1 is 1.23 bits per heavy atom. The zero-order valence-corrected chi connectivity index (χ0v) is 18.7. The second kappa shape index (κ2) is 7.63. The number of aromatic nitrogens is 2. The topological polar surface area (TPSA) is 93.5 Å². The average molecular weight is 445 g/mol. The van der Waals surface area contributed by atoms with Crippen LogP contribution in [0.15, 0.2) is 24.3 Å². The molecule has 1 aromatic heterocycles. The Morgan fingerprint density at radius 2 is 2.03 bits per heavy atom. The molecule has 1 N–H and O–H groups in total. The van der Waals surface area contributed by atoms with Crippen molar-refractivity contribution in [2.45, 2.75) is 51.4 Å². The van der Waals surface area contributed by atoms with Gasteiger partial charge in [-0.25, -0.2) is 8.42 Å². The van der Waals surface area contributed by atoms with Crippen molar-refractivity contribution in [2.75, 3.05) is 30.0 Å². The maximum atomic E-state index is 13.5. The molecule has 0 radical (unpaired) electrons. The number of sulfone groups is 1. The molecule has 1 aromatic carbocycles. The van der Waals surface area contributed by atoms with Crippen molar-refractivity contribution in [2.24, 2.45) is 0 Å². The van der Waals surface area contributed by atoms with Gasteiger partial charge in [0.1, 0.15) is 6.17 Å². The standard InChI is InChI=1S/C22H28N4O4S/c1-14-20(15(2)26(24-14)16-9-11-31(28,29)13-16)21-23-19-8-4-3-7-18(19)22(27)25(21)12-17-6-5-10-30-17/h3-4,7-8,16-17,21,23H,5-6,9-13H2,1-2H3/t16-,17-,21+/m1/s1. The van der Waals surface area contributed by atoms with Crippen molar-refractivity contribution < 1.29 is 17.9 Å². The van der Waals surface area contributed by atoms with E-state index in [1.54, 1.807) is 0 Å². The zero-order chi connectivity index (χ0) is 21.8. The maximum Gasteiger partial charge on any atom is 0.257 e. The Kier molecular flexibility index (Phi) is 5.05. The Morgan fingerprint density at radius 3 is 2.74 bits per heavy atom. The highest BCUT2D eigenvalue weighted by Gasteiger charge is 2.39. The van der Waals surface area contributed by atoms with Crippen LogP contribution in [0.1, 0.15) is 58.8 Å². The van der Waals surface area contributed by atoms with E-state index in [1.165, 1.54) is 0 Å². The first-order valence-corrected chi connectivity index (χ1v) is 12.7. The highest BCUT2D eigenvalue weighted by Crippen LogP contribution is 2.37. The summed E-state index contributed by atoms with van der Waals surface area (Å²) in [6, 6.07) is 7.39. The van der Waals surface area contributed by atoms with Gasteiger partial charge in [-0.1, -0.05) is 12.1 Å². The van der Waals surface area contributed by atoms with Gasteiger partial charge >= 0.3 is 0 Å². The lowest BCUT2D eigenvalue weighted by molar-refractivity contribution is 0.0425. The van der Waals surface area contributed by atoms with Gasteiger partial charge in [0.05, 0.1) is 34.9 Å². The molecule has 0 saturated carbocycles. The molecule has 2 aromatic rings. The minimum atomic E-state index is -3.02. The zero-order valence-electron chi connectivity index (χ0n) is 17.9. The number of carbonyl (C=O) groups is 1. The van der Waals surface area contributed by atoms with Crippen LogP contribution < -0.4 is 5.32 Å². The summed E-state index contributed by atoms with van der Waals surface area (Å²) in [7, 11) is -3.02. The summed E-state index contributed by atoms with van der Waals surface area (Å²) < 4.78 is 31.7. The van der Waals surface area contributed by atoms with Crippen LogP contribution in [0.5, 0.6) is 0 Å². The fraction of sp³-hybridized carbons (Fsp3) is 0.545. The quantitative estimate of drug-likeness (QED) is 0.779. The number of hydrogen-bond donors (Lipinski definition) is 1. The Hall–Kier alpha value is -2.39. The average Bonchev–Trinajstić information content (AvgIpc) is 3.44.